The van der Waals surface area contributed by atoms with E-state index in [9.17, 15) is 4.79 Å². The molecule has 14 heavy (non-hydrogen) atoms. The van der Waals surface area contributed by atoms with Gasteiger partial charge in [-0.05, 0) is 19.1 Å². The molecule has 0 fully saturated rings. The van der Waals surface area contributed by atoms with E-state index in [1.807, 2.05) is 25.1 Å². The lowest BCUT2D eigenvalue weighted by Gasteiger charge is -2.15. The first kappa shape index (κ1) is 11.4. The smallest absolute Gasteiger partial charge is 0.232 e. The first-order valence-electron chi connectivity index (χ1n) is 4.36. The summed E-state index contributed by atoms with van der Waals surface area (Å²) in [5.41, 5.74) is 1.92. The van der Waals surface area contributed by atoms with E-state index in [1.54, 1.807) is 11.9 Å². The van der Waals surface area contributed by atoms with Crippen molar-refractivity contribution in [2.24, 2.45) is 0 Å². The number of pyridine rings is 1. The Morgan fingerprint density at radius 1 is 1.57 bits per heavy atom. The van der Waals surface area contributed by atoms with Gasteiger partial charge in [0.15, 0.2) is 0 Å². The van der Waals surface area contributed by atoms with E-state index in [1.165, 1.54) is 0 Å². The van der Waals surface area contributed by atoms with Crippen molar-refractivity contribution >= 4 is 28.5 Å². The number of amides is 1. The van der Waals surface area contributed by atoms with E-state index >= 15 is 0 Å². The summed E-state index contributed by atoms with van der Waals surface area (Å²) in [6, 6.07) is 5.84. The van der Waals surface area contributed by atoms with Gasteiger partial charge in [0.05, 0.1) is 16.7 Å². The number of alkyl halides is 1. The predicted molar refractivity (Wildman–Crippen MR) is 64.3 cm³/mol. The molecular weight excluding hydrogens is 291 g/mol. The number of nitrogens with zero attached hydrogens (tertiary/aromatic N) is 2. The van der Waals surface area contributed by atoms with Gasteiger partial charge in [0.25, 0.3) is 0 Å². The van der Waals surface area contributed by atoms with Crippen LogP contribution in [0.15, 0.2) is 18.2 Å². The van der Waals surface area contributed by atoms with Crippen molar-refractivity contribution in [3.05, 3.63) is 29.6 Å². The summed E-state index contributed by atoms with van der Waals surface area (Å²) >= 11 is 2.07. The summed E-state index contributed by atoms with van der Waals surface area (Å²) in [5.74, 6) is 0.133. The maximum atomic E-state index is 11.3. The highest BCUT2D eigenvalue weighted by Gasteiger charge is 2.07. The van der Waals surface area contributed by atoms with E-state index in [4.69, 9.17) is 0 Å². The van der Waals surface area contributed by atoms with Crippen LogP contribution < -0.4 is 0 Å². The molecule has 0 radical (unpaired) electrons. The topological polar surface area (TPSA) is 33.2 Å². The fourth-order valence-corrected chi connectivity index (χ4v) is 1.70. The monoisotopic (exact) mass is 304 g/mol. The van der Waals surface area contributed by atoms with Gasteiger partial charge in [0, 0.05) is 12.7 Å². The number of aryl methyl sites for hydroxylation is 1. The number of hydrogen-bond donors (Lipinski definition) is 0. The van der Waals surface area contributed by atoms with Crippen molar-refractivity contribution in [3.63, 3.8) is 0 Å². The number of halogens is 1. The molecule has 0 aliphatic heterocycles. The van der Waals surface area contributed by atoms with Gasteiger partial charge in [-0.2, -0.15) is 0 Å². The molecule has 0 spiro atoms. The Morgan fingerprint density at radius 3 is 2.86 bits per heavy atom. The summed E-state index contributed by atoms with van der Waals surface area (Å²) in [7, 11) is 1.80. The van der Waals surface area contributed by atoms with Crippen molar-refractivity contribution in [1.82, 2.24) is 9.88 Å². The Kier molecular flexibility index (Phi) is 4.31. The minimum absolute atomic E-state index is 0.133. The van der Waals surface area contributed by atoms with Crippen LogP contribution in [0.5, 0.6) is 0 Å². The van der Waals surface area contributed by atoms with Gasteiger partial charge in [-0.25, -0.2) is 0 Å². The van der Waals surface area contributed by atoms with Crippen LogP contribution >= 0.6 is 22.6 Å². The molecule has 1 aromatic heterocycles. The van der Waals surface area contributed by atoms with Gasteiger partial charge < -0.3 is 4.90 Å². The molecule has 0 aromatic carbocycles. The molecule has 0 unspecified atom stereocenters. The maximum Gasteiger partial charge on any atom is 0.232 e. The third-order valence-electron chi connectivity index (χ3n) is 1.89. The van der Waals surface area contributed by atoms with Crippen molar-refractivity contribution in [3.8, 4) is 0 Å². The summed E-state index contributed by atoms with van der Waals surface area (Å²) in [5, 5.41) is 0. The zero-order valence-electron chi connectivity index (χ0n) is 8.33. The highest BCUT2D eigenvalue weighted by atomic mass is 127. The fourth-order valence-electron chi connectivity index (χ4n) is 1.12. The summed E-state index contributed by atoms with van der Waals surface area (Å²) in [4.78, 5) is 17.3. The molecule has 0 aliphatic rings. The van der Waals surface area contributed by atoms with E-state index in [0.717, 1.165) is 11.4 Å². The number of carbonyl (C=O) groups is 1. The highest BCUT2D eigenvalue weighted by molar-refractivity contribution is 14.1. The van der Waals surface area contributed by atoms with Crippen LogP contribution in [0, 0.1) is 6.92 Å². The van der Waals surface area contributed by atoms with Crippen LogP contribution in [-0.2, 0) is 11.3 Å². The number of aromatic nitrogens is 1. The first-order valence-corrected chi connectivity index (χ1v) is 5.88. The second-order valence-electron chi connectivity index (χ2n) is 3.15. The second kappa shape index (κ2) is 5.29. The Hall–Kier alpha value is -0.650. The summed E-state index contributed by atoms with van der Waals surface area (Å²) in [6.45, 7) is 2.53. The van der Waals surface area contributed by atoms with Crippen molar-refractivity contribution in [2.75, 3.05) is 11.5 Å². The van der Waals surface area contributed by atoms with Crippen LogP contribution in [0.4, 0.5) is 0 Å². The quantitative estimate of drug-likeness (QED) is 0.630. The molecule has 0 aliphatic carbocycles. The van der Waals surface area contributed by atoms with Crippen LogP contribution in [-0.4, -0.2) is 27.3 Å². The first-order chi connectivity index (χ1) is 6.63. The summed E-state index contributed by atoms with van der Waals surface area (Å²) in [6.07, 6.45) is 0. The van der Waals surface area contributed by atoms with Crippen molar-refractivity contribution < 1.29 is 4.79 Å². The SMILES string of the molecule is Cc1cccc(CN(C)C(=O)CI)n1. The van der Waals surface area contributed by atoms with Gasteiger partial charge in [-0.15, -0.1) is 0 Å². The Labute approximate surface area is 97.7 Å². The molecule has 0 saturated carbocycles. The average Bonchev–Trinajstić information content (AvgIpc) is 2.16. The standard InChI is InChI=1S/C10H13IN2O/c1-8-4-3-5-9(12-8)7-13(2)10(14)6-11/h3-5H,6-7H2,1-2H3. The molecule has 4 heteroatoms. The van der Waals surface area contributed by atoms with Gasteiger partial charge in [0.2, 0.25) is 5.91 Å². The minimum atomic E-state index is 0.133. The third-order valence-corrected chi connectivity index (χ3v) is 2.54. The fraction of sp³-hybridized carbons (Fsp3) is 0.400. The zero-order valence-corrected chi connectivity index (χ0v) is 10.5. The van der Waals surface area contributed by atoms with E-state index < -0.39 is 0 Å². The van der Waals surface area contributed by atoms with Crippen molar-refractivity contribution in [1.29, 1.82) is 0 Å². The van der Waals surface area contributed by atoms with Gasteiger partial charge in [-0.1, -0.05) is 28.7 Å². The predicted octanol–water partition coefficient (Wildman–Crippen LogP) is 1.78. The van der Waals surface area contributed by atoms with Crippen LogP contribution in [0.25, 0.3) is 0 Å². The van der Waals surface area contributed by atoms with Crippen molar-refractivity contribution in [2.45, 2.75) is 13.5 Å². The van der Waals surface area contributed by atoms with E-state index in [2.05, 4.69) is 27.6 Å². The third kappa shape index (κ3) is 3.25. The molecule has 0 N–H and O–H groups in total. The van der Waals surface area contributed by atoms with E-state index in [0.29, 0.717) is 11.0 Å². The lowest BCUT2D eigenvalue weighted by atomic mass is 10.3. The van der Waals surface area contributed by atoms with Crippen LogP contribution in [0.2, 0.25) is 0 Å². The highest BCUT2D eigenvalue weighted by Crippen LogP contribution is 2.02. The largest absolute Gasteiger partial charge is 0.339 e. The molecule has 3 nitrogen and oxygen atoms in total. The molecule has 1 rings (SSSR count). The molecule has 1 aromatic rings. The second-order valence-corrected chi connectivity index (χ2v) is 3.92. The van der Waals surface area contributed by atoms with Gasteiger partial charge >= 0.3 is 0 Å². The number of rotatable bonds is 3. The number of carbonyl (C=O) groups excluding carboxylic acids is 1. The zero-order chi connectivity index (χ0) is 10.6. The summed E-state index contributed by atoms with van der Waals surface area (Å²) < 4.78 is 0.514. The Bertz CT molecular complexity index is 328. The number of hydrogen-bond acceptors (Lipinski definition) is 2. The molecule has 76 valence electrons. The van der Waals surface area contributed by atoms with Gasteiger partial charge in [0.1, 0.15) is 0 Å². The Balaban J connectivity index is 2.64. The van der Waals surface area contributed by atoms with Crippen LogP contribution in [0.3, 0.4) is 0 Å². The maximum absolute atomic E-state index is 11.3. The average molecular weight is 304 g/mol. The lowest BCUT2D eigenvalue weighted by Crippen LogP contribution is -2.27. The van der Waals surface area contributed by atoms with Crippen LogP contribution in [0.1, 0.15) is 11.4 Å². The van der Waals surface area contributed by atoms with E-state index in [-0.39, 0.29) is 5.91 Å². The van der Waals surface area contributed by atoms with Gasteiger partial charge in [-0.3, -0.25) is 9.78 Å². The molecule has 1 heterocycles. The molecular formula is C10H13IN2O. The molecule has 0 saturated heterocycles. The lowest BCUT2D eigenvalue weighted by molar-refractivity contribution is -0.127. The minimum Gasteiger partial charge on any atom is -0.339 e. The normalized spacial score (nSPS) is 9.93. The molecule has 1 amide bonds. The molecule has 0 bridgehead atoms. The Morgan fingerprint density at radius 2 is 2.29 bits per heavy atom. The molecule has 0 atom stereocenters.